The van der Waals surface area contributed by atoms with Crippen molar-refractivity contribution in [2.75, 3.05) is 26.7 Å². The number of carbonyl (C=O) groups excluding carboxylic acids is 1. The lowest BCUT2D eigenvalue weighted by atomic mass is 10.1. The zero-order valence-corrected chi connectivity index (χ0v) is 15.4. The molecular weight excluding hydrogens is 316 g/mol. The third kappa shape index (κ3) is 3.60. The van der Waals surface area contributed by atoms with Gasteiger partial charge in [-0.3, -0.25) is 4.79 Å². The summed E-state index contributed by atoms with van der Waals surface area (Å²) in [5.41, 5.74) is 5.34. The summed E-state index contributed by atoms with van der Waals surface area (Å²) in [5.74, 6) is 0.00893. The van der Waals surface area contributed by atoms with E-state index in [0.29, 0.717) is 19.7 Å². The Morgan fingerprint density at radius 1 is 1.36 bits per heavy atom. The van der Waals surface area contributed by atoms with E-state index >= 15 is 0 Å². The molecule has 1 atom stereocenters. The van der Waals surface area contributed by atoms with Crippen molar-refractivity contribution in [1.29, 1.82) is 0 Å². The number of nitrogens with zero attached hydrogens (tertiary/aromatic N) is 3. The van der Waals surface area contributed by atoms with E-state index in [4.69, 9.17) is 9.84 Å². The molecule has 1 saturated heterocycles. The Hall–Kier alpha value is -2.18. The Morgan fingerprint density at radius 2 is 2.12 bits per heavy atom. The molecule has 0 spiro atoms. The summed E-state index contributed by atoms with van der Waals surface area (Å²) in [6.45, 7) is 8.61. The number of rotatable bonds is 4. The van der Waals surface area contributed by atoms with Crippen molar-refractivity contribution in [2.24, 2.45) is 0 Å². The fourth-order valence-electron chi connectivity index (χ4n) is 3.22. The molecule has 6 heteroatoms. The number of nitrogens with one attached hydrogen (secondary N) is 1. The van der Waals surface area contributed by atoms with Crippen molar-refractivity contribution in [3.8, 4) is 5.69 Å². The van der Waals surface area contributed by atoms with Crippen LogP contribution in [-0.4, -0.2) is 53.4 Å². The first-order valence-corrected chi connectivity index (χ1v) is 8.67. The van der Waals surface area contributed by atoms with Gasteiger partial charge in [-0.05, 0) is 32.4 Å². The third-order valence-corrected chi connectivity index (χ3v) is 4.76. The van der Waals surface area contributed by atoms with E-state index in [1.165, 1.54) is 5.56 Å². The molecule has 0 bridgehead atoms. The molecule has 1 aromatic heterocycles. The van der Waals surface area contributed by atoms with Crippen molar-refractivity contribution < 1.29 is 9.53 Å². The maximum atomic E-state index is 12.6. The highest BCUT2D eigenvalue weighted by Crippen LogP contribution is 2.21. The van der Waals surface area contributed by atoms with Gasteiger partial charge in [0.2, 0.25) is 0 Å². The molecule has 0 aliphatic carbocycles. The summed E-state index contributed by atoms with van der Waals surface area (Å²) in [6, 6.07) is 8.18. The average molecular weight is 342 g/mol. The number of aryl methyl sites for hydroxylation is 2. The average Bonchev–Trinajstić information content (AvgIpc) is 2.90. The van der Waals surface area contributed by atoms with Crippen LogP contribution in [0.15, 0.2) is 24.3 Å². The van der Waals surface area contributed by atoms with Crippen molar-refractivity contribution >= 4 is 5.91 Å². The lowest BCUT2D eigenvalue weighted by molar-refractivity contribution is -0.144. The van der Waals surface area contributed by atoms with Crippen LogP contribution in [-0.2, 0) is 16.1 Å². The van der Waals surface area contributed by atoms with Gasteiger partial charge < -0.3 is 15.0 Å². The van der Waals surface area contributed by atoms with Gasteiger partial charge in [0, 0.05) is 37.9 Å². The minimum atomic E-state index is -0.397. The Morgan fingerprint density at radius 3 is 2.80 bits per heavy atom. The van der Waals surface area contributed by atoms with E-state index in [9.17, 15) is 4.79 Å². The van der Waals surface area contributed by atoms with Crippen LogP contribution in [0.1, 0.15) is 22.5 Å². The topological polar surface area (TPSA) is 59.4 Å². The van der Waals surface area contributed by atoms with Gasteiger partial charge in [-0.1, -0.05) is 18.2 Å². The largest absolute Gasteiger partial charge is 0.366 e. The van der Waals surface area contributed by atoms with Gasteiger partial charge in [0.15, 0.2) is 0 Å². The molecule has 1 aliphatic heterocycles. The smallest absolute Gasteiger partial charge is 0.253 e. The second kappa shape index (κ2) is 7.37. The van der Waals surface area contributed by atoms with Gasteiger partial charge in [-0.15, -0.1) is 0 Å². The minimum Gasteiger partial charge on any atom is -0.366 e. The molecule has 1 amide bonds. The highest BCUT2D eigenvalue weighted by molar-refractivity contribution is 5.81. The monoisotopic (exact) mass is 342 g/mol. The SMILES string of the molecule is Cc1ccccc1-n1nc(C)c(CN(C)C(=O)[C@H]2CNCCO2)c1C. The molecule has 1 fully saturated rings. The molecule has 1 aliphatic rings. The molecule has 3 rings (SSSR count). The van der Waals surface area contributed by atoms with E-state index in [0.717, 1.165) is 29.2 Å². The maximum absolute atomic E-state index is 12.6. The lowest BCUT2D eigenvalue weighted by Gasteiger charge is -2.27. The zero-order chi connectivity index (χ0) is 18.0. The number of likely N-dealkylation sites (N-methyl/N-ethyl adjacent to an activating group) is 1. The molecule has 1 aromatic carbocycles. The Kier molecular flexibility index (Phi) is 5.20. The molecule has 0 radical (unpaired) electrons. The number of carbonyl (C=O) groups is 1. The number of morpholine rings is 1. The van der Waals surface area contributed by atoms with Crippen LogP contribution in [0.3, 0.4) is 0 Å². The molecule has 1 N–H and O–H groups in total. The maximum Gasteiger partial charge on any atom is 0.253 e. The molecular formula is C19H26N4O2. The fourth-order valence-corrected chi connectivity index (χ4v) is 3.22. The summed E-state index contributed by atoms with van der Waals surface area (Å²) in [6.07, 6.45) is -0.397. The van der Waals surface area contributed by atoms with Crippen LogP contribution in [0.4, 0.5) is 0 Å². The summed E-state index contributed by atoms with van der Waals surface area (Å²) in [7, 11) is 1.82. The zero-order valence-electron chi connectivity index (χ0n) is 15.4. The van der Waals surface area contributed by atoms with Gasteiger partial charge in [-0.2, -0.15) is 5.10 Å². The Labute approximate surface area is 148 Å². The third-order valence-electron chi connectivity index (χ3n) is 4.76. The standard InChI is InChI=1S/C19H26N4O2/c1-13-7-5-6-8-17(13)23-15(3)16(14(2)21-23)12-22(4)19(24)18-11-20-9-10-25-18/h5-8,18,20H,9-12H2,1-4H3/t18-/m1/s1. The Balaban J connectivity index is 1.81. The number of benzene rings is 1. The van der Waals surface area contributed by atoms with Crippen LogP contribution in [0.5, 0.6) is 0 Å². The van der Waals surface area contributed by atoms with Gasteiger partial charge in [0.05, 0.1) is 18.0 Å². The van der Waals surface area contributed by atoms with Crippen molar-refractivity contribution in [3.63, 3.8) is 0 Å². The highest BCUT2D eigenvalue weighted by Gasteiger charge is 2.26. The lowest BCUT2D eigenvalue weighted by Crippen LogP contribution is -2.48. The quantitative estimate of drug-likeness (QED) is 0.920. The summed E-state index contributed by atoms with van der Waals surface area (Å²) < 4.78 is 7.54. The first kappa shape index (κ1) is 17.6. The van der Waals surface area contributed by atoms with Crippen molar-refractivity contribution in [1.82, 2.24) is 20.0 Å². The number of hydrogen-bond acceptors (Lipinski definition) is 4. The Bertz CT molecular complexity index is 763. The fraction of sp³-hybridized carbons (Fsp3) is 0.474. The van der Waals surface area contributed by atoms with Crippen LogP contribution >= 0.6 is 0 Å². The van der Waals surface area contributed by atoms with Gasteiger partial charge in [-0.25, -0.2) is 4.68 Å². The number of ether oxygens (including phenoxy) is 1. The van der Waals surface area contributed by atoms with E-state index in [1.807, 2.05) is 30.8 Å². The summed E-state index contributed by atoms with van der Waals surface area (Å²) >= 11 is 0. The number of para-hydroxylation sites is 1. The number of amides is 1. The molecule has 0 unspecified atom stereocenters. The van der Waals surface area contributed by atoms with Crippen LogP contribution in [0, 0.1) is 20.8 Å². The van der Waals surface area contributed by atoms with Crippen LogP contribution < -0.4 is 5.32 Å². The first-order chi connectivity index (χ1) is 12.0. The predicted octanol–water partition coefficient (Wildman–Crippen LogP) is 1.74. The second-order valence-electron chi connectivity index (χ2n) is 6.61. The number of aromatic nitrogens is 2. The first-order valence-electron chi connectivity index (χ1n) is 8.67. The van der Waals surface area contributed by atoms with Crippen molar-refractivity contribution in [2.45, 2.75) is 33.4 Å². The molecule has 2 aromatic rings. The van der Waals surface area contributed by atoms with E-state index in [-0.39, 0.29) is 5.91 Å². The minimum absolute atomic E-state index is 0.00893. The summed E-state index contributed by atoms with van der Waals surface area (Å²) in [5, 5.41) is 7.90. The molecule has 6 nitrogen and oxygen atoms in total. The normalized spacial score (nSPS) is 17.5. The van der Waals surface area contributed by atoms with Gasteiger partial charge in [0.1, 0.15) is 6.10 Å². The van der Waals surface area contributed by atoms with E-state index < -0.39 is 6.10 Å². The predicted molar refractivity (Wildman–Crippen MR) is 96.9 cm³/mol. The van der Waals surface area contributed by atoms with Crippen LogP contribution in [0.2, 0.25) is 0 Å². The molecule has 134 valence electrons. The summed E-state index contributed by atoms with van der Waals surface area (Å²) in [4.78, 5) is 14.3. The number of hydrogen-bond donors (Lipinski definition) is 1. The second-order valence-corrected chi connectivity index (χ2v) is 6.61. The molecule has 25 heavy (non-hydrogen) atoms. The van der Waals surface area contributed by atoms with Crippen LogP contribution in [0.25, 0.3) is 5.69 Å². The molecule has 0 saturated carbocycles. The highest BCUT2D eigenvalue weighted by atomic mass is 16.5. The van der Waals surface area contributed by atoms with E-state index in [1.54, 1.807) is 4.90 Å². The molecule has 2 heterocycles. The van der Waals surface area contributed by atoms with E-state index in [2.05, 4.69) is 31.3 Å². The van der Waals surface area contributed by atoms with Gasteiger partial charge >= 0.3 is 0 Å². The van der Waals surface area contributed by atoms with Crippen molar-refractivity contribution in [3.05, 3.63) is 46.8 Å². The van der Waals surface area contributed by atoms with Gasteiger partial charge in [0.25, 0.3) is 5.91 Å².